The summed E-state index contributed by atoms with van der Waals surface area (Å²) in [4.78, 5) is 21.3. The van der Waals surface area contributed by atoms with Crippen molar-refractivity contribution in [3.63, 3.8) is 0 Å². The topological polar surface area (TPSA) is 59.9 Å². The highest BCUT2D eigenvalue weighted by atomic mass is 16.5. The number of hydrogen-bond acceptors (Lipinski definition) is 3. The lowest BCUT2D eigenvalue weighted by Crippen LogP contribution is -2.28. The fraction of sp³-hybridized carbons (Fsp3) is 0.217. The van der Waals surface area contributed by atoms with Crippen molar-refractivity contribution < 1.29 is 4.74 Å². The van der Waals surface area contributed by atoms with Crippen molar-refractivity contribution in [3.05, 3.63) is 64.0 Å². The smallest absolute Gasteiger partial charge is 0.261 e. The van der Waals surface area contributed by atoms with E-state index in [0.29, 0.717) is 11.9 Å². The predicted molar refractivity (Wildman–Crippen MR) is 111 cm³/mol. The van der Waals surface area contributed by atoms with Gasteiger partial charge in [-0.15, -0.1) is 0 Å². The van der Waals surface area contributed by atoms with Crippen molar-refractivity contribution in [2.75, 3.05) is 0 Å². The molecule has 138 valence electrons. The number of nitrogens with zero attached hydrogens (tertiary/aromatic N) is 2. The number of nitrogens with one attached hydrogen (secondary N) is 1. The lowest BCUT2D eigenvalue weighted by molar-refractivity contribution is 0.159. The first-order chi connectivity index (χ1) is 13.5. The normalized spacial score (nSPS) is 16.5. The van der Waals surface area contributed by atoms with Gasteiger partial charge < -0.3 is 9.72 Å². The van der Waals surface area contributed by atoms with Gasteiger partial charge in [-0.1, -0.05) is 18.2 Å². The number of ether oxygens (including phenoxy) is 1. The lowest BCUT2D eigenvalue weighted by atomic mass is 9.95. The molecule has 0 unspecified atom stereocenters. The van der Waals surface area contributed by atoms with E-state index in [9.17, 15) is 4.79 Å². The summed E-state index contributed by atoms with van der Waals surface area (Å²) >= 11 is 0. The molecule has 0 saturated heterocycles. The van der Waals surface area contributed by atoms with Gasteiger partial charge in [0.15, 0.2) is 5.82 Å². The Balaban J connectivity index is 1.67. The van der Waals surface area contributed by atoms with E-state index in [2.05, 4.69) is 37.0 Å². The minimum absolute atomic E-state index is 0.0249. The maximum atomic E-state index is 13.0. The van der Waals surface area contributed by atoms with E-state index in [0.717, 1.165) is 40.3 Å². The molecule has 6 rings (SSSR count). The summed E-state index contributed by atoms with van der Waals surface area (Å²) in [6, 6.07) is 11.6. The molecule has 0 saturated carbocycles. The number of aromatic nitrogens is 3. The Morgan fingerprint density at radius 1 is 1.18 bits per heavy atom. The molecule has 0 aliphatic carbocycles. The maximum absolute atomic E-state index is 13.0. The van der Waals surface area contributed by atoms with Crippen LogP contribution in [0.15, 0.2) is 47.3 Å². The second kappa shape index (κ2) is 5.13. The zero-order valence-electron chi connectivity index (χ0n) is 15.7. The van der Waals surface area contributed by atoms with Crippen molar-refractivity contribution in [1.82, 2.24) is 14.5 Å². The van der Waals surface area contributed by atoms with Crippen LogP contribution in [0.5, 0.6) is 5.75 Å². The summed E-state index contributed by atoms with van der Waals surface area (Å²) in [5.41, 5.74) is 4.75. The first-order valence-electron chi connectivity index (χ1n) is 9.58. The predicted octanol–water partition coefficient (Wildman–Crippen LogP) is 4.29. The quantitative estimate of drug-likeness (QED) is 0.503. The summed E-state index contributed by atoms with van der Waals surface area (Å²) in [5, 5.41) is 1.84. The van der Waals surface area contributed by atoms with Gasteiger partial charge in [-0.2, -0.15) is 0 Å². The van der Waals surface area contributed by atoms with E-state index >= 15 is 0 Å². The molecule has 2 aliphatic heterocycles. The number of para-hydroxylation sites is 1. The van der Waals surface area contributed by atoms with Crippen LogP contribution in [0.1, 0.15) is 25.0 Å². The molecule has 4 aromatic rings. The van der Waals surface area contributed by atoms with Crippen molar-refractivity contribution in [2.45, 2.75) is 32.4 Å². The molecule has 0 bridgehead atoms. The lowest BCUT2D eigenvalue weighted by Gasteiger charge is -2.28. The van der Waals surface area contributed by atoms with Gasteiger partial charge in [0, 0.05) is 23.0 Å². The molecule has 28 heavy (non-hydrogen) atoms. The molecule has 0 amide bonds. The highest BCUT2D eigenvalue weighted by Crippen LogP contribution is 2.41. The van der Waals surface area contributed by atoms with Gasteiger partial charge in [0.05, 0.1) is 16.6 Å². The zero-order valence-corrected chi connectivity index (χ0v) is 15.7. The Morgan fingerprint density at radius 2 is 2.04 bits per heavy atom. The standard InChI is InChI=1S/C23H19N3O2/c1-23(2)11-9-14-18(28-23)8-7-17-19(14)15-10-12-26-21(20(15)24-17)25-16-6-4-3-5-13(16)22(26)27/h3-9,11,24H,10,12H2,1-2H3. The zero-order chi connectivity index (χ0) is 19.0. The van der Waals surface area contributed by atoms with Crippen LogP contribution in [0.2, 0.25) is 0 Å². The van der Waals surface area contributed by atoms with Gasteiger partial charge in [0.1, 0.15) is 11.4 Å². The number of aryl methyl sites for hydroxylation is 1. The Kier molecular flexibility index (Phi) is 2.88. The third-order valence-electron chi connectivity index (χ3n) is 5.76. The van der Waals surface area contributed by atoms with Crippen LogP contribution < -0.4 is 10.3 Å². The van der Waals surface area contributed by atoms with Crippen LogP contribution in [0, 0.1) is 0 Å². The Morgan fingerprint density at radius 3 is 2.93 bits per heavy atom. The minimum atomic E-state index is -0.308. The fourth-order valence-electron chi connectivity index (χ4n) is 4.45. The van der Waals surface area contributed by atoms with Gasteiger partial charge in [0.25, 0.3) is 5.56 Å². The Labute approximate surface area is 161 Å². The van der Waals surface area contributed by atoms with Crippen LogP contribution >= 0.6 is 0 Å². The van der Waals surface area contributed by atoms with Gasteiger partial charge in [-0.05, 0) is 56.2 Å². The second-order valence-electron chi connectivity index (χ2n) is 8.08. The van der Waals surface area contributed by atoms with Crippen molar-refractivity contribution >= 4 is 27.9 Å². The van der Waals surface area contributed by atoms with Crippen LogP contribution in [-0.2, 0) is 13.0 Å². The molecule has 2 aliphatic rings. The van der Waals surface area contributed by atoms with E-state index in [1.807, 2.05) is 30.3 Å². The Hall–Kier alpha value is -3.34. The van der Waals surface area contributed by atoms with E-state index in [4.69, 9.17) is 9.72 Å². The molecule has 0 atom stereocenters. The molecule has 5 nitrogen and oxygen atoms in total. The third-order valence-corrected chi connectivity index (χ3v) is 5.76. The number of hydrogen-bond donors (Lipinski definition) is 1. The van der Waals surface area contributed by atoms with Crippen LogP contribution in [0.25, 0.3) is 39.4 Å². The molecular weight excluding hydrogens is 350 g/mol. The molecule has 2 aromatic heterocycles. The van der Waals surface area contributed by atoms with Crippen LogP contribution in [0.3, 0.4) is 0 Å². The van der Waals surface area contributed by atoms with Crippen molar-refractivity contribution in [3.8, 4) is 17.3 Å². The highest BCUT2D eigenvalue weighted by molar-refractivity contribution is 5.99. The first kappa shape index (κ1) is 15.7. The molecule has 0 spiro atoms. The highest BCUT2D eigenvalue weighted by Gasteiger charge is 2.28. The van der Waals surface area contributed by atoms with Crippen molar-refractivity contribution in [2.24, 2.45) is 0 Å². The second-order valence-corrected chi connectivity index (χ2v) is 8.08. The molecule has 4 heterocycles. The summed E-state index contributed by atoms with van der Waals surface area (Å²) in [6.07, 6.45) is 5.04. The van der Waals surface area contributed by atoms with E-state index < -0.39 is 0 Å². The summed E-state index contributed by atoms with van der Waals surface area (Å²) in [5.74, 6) is 1.62. The van der Waals surface area contributed by atoms with E-state index in [1.165, 1.54) is 10.9 Å². The van der Waals surface area contributed by atoms with Crippen LogP contribution in [0.4, 0.5) is 0 Å². The molecule has 0 radical (unpaired) electrons. The third kappa shape index (κ3) is 2.01. The molecule has 2 aromatic carbocycles. The SMILES string of the molecule is CC1(C)C=Cc2c(ccc3[nH]c4c(c23)CCn2c-4nc3ccccc3c2=O)O1. The van der Waals surface area contributed by atoms with E-state index in [-0.39, 0.29) is 11.2 Å². The average Bonchev–Trinajstić information content (AvgIpc) is 3.07. The number of rotatable bonds is 0. The maximum Gasteiger partial charge on any atom is 0.261 e. The molecule has 5 heteroatoms. The van der Waals surface area contributed by atoms with Gasteiger partial charge in [-0.25, -0.2) is 4.98 Å². The first-order valence-corrected chi connectivity index (χ1v) is 9.58. The van der Waals surface area contributed by atoms with Crippen LogP contribution in [-0.4, -0.2) is 20.1 Å². The minimum Gasteiger partial charge on any atom is -0.483 e. The molecule has 1 N–H and O–H groups in total. The summed E-state index contributed by atoms with van der Waals surface area (Å²) < 4.78 is 7.96. The fourth-order valence-corrected chi connectivity index (χ4v) is 4.45. The summed E-state index contributed by atoms with van der Waals surface area (Å²) in [6.45, 7) is 4.74. The molecule has 0 fully saturated rings. The van der Waals surface area contributed by atoms with Crippen molar-refractivity contribution in [1.29, 1.82) is 0 Å². The Bertz CT molecular complexity index is 1390. The van der Waals surface area contributed by atoms with E-state index in [1.54, 1.807) is 4.57 Å². The van der Waals surface area contributed by atoms with Gasteiger partial charge in [-0.3, -0.25) is 9.36 Å². The molecular formula is C23H19N3O2. The monoisotopic (exact) mass is 369 g/mol. The number of H-pyrrole nitrogens is 1. The largest absolute Gasteiger partial charge is 0.483 e. The number of aromatic amines is 1. The van der Waals surface area contributed by atoms with Gasteiger partial charge in [0.2, 0.25) is 0 Å². The number of benzene rings is 2. The van der Waals surface area contributed by atoms with Gasteiger partial charge >= 0.3 is 0 Å². The number of fused-ring (bicyclic) bond motifs is 8. The summed E-state index contributed by atoms with van der Waals surface area (Å²) in [7, 11) is 0. The average molecular weight is 369 g/mol.